The zero-order valence-corrected chi connectivity index (χ0v) is 23.2. The zero-order valence-electron chi connectivity index (χ0n) is 21.6. The molecule has 192 valence electrons. The number of benzene rings is 6. The molecule has 0 amide bonds. The molecule has 0 N–H and O–H groups in total. The van der Waals surface area contributed by atoms with Crippen molar-refractivity contribution in [2.24, 2.45) is 0 Å². The molecule has 40 heavy (non-hydrogen) atoms. The van der Waals surface area contributed by atoms with E-state index in [-0.39, 0.29) is 0 Å². The second kappa shape index (κ2) is 10.5. The van der Waals surface area contributed by atoms with Gasteiger partial charge in [0.15, 0.2) is 0 Å². The number of fused-ring (bicyclic) bond motifs is 3. The van der Waals surface area contributed by atoms with E-state index in [4.69, 9.17) is 11.6 Å². The average molecular weight is 553 g/mol. The maximum absolute atomic E-state index is 6.50. The molecule has 0 radical (unpaired) electrons. The molecule has 0 fully saturated rings. The topological polar surface area (TPSA) is 6.48 Å². The van der Waals surface area contributed by atoms with Gasteiger partial charge in [-0.15, -0.1) is 11.3 Å². The molecular weight excluding hydrogens is 528 g/mol. The highest BCUT2D eigenvalue weighted by Crippen LogP contribution is 2.46. The van der Waals surface area contributed by atoms with E-state index in [2.05, 4.69) is 155 Å². The van der Waals surface area contributed by atoms with Gasteiger partial charge in [0.25, 0.3) is 0 Å². The summed E-state index contributed by atoms with van der Waals surface area (Å²) in [6.45, 7) is 0. The van der Waals surface area contributed by atoms with Crippen molar-refractivity contribution >= 4 is 77.2 Å². The molecule has 0 aliphatic carbocycles. The zero-order chi connectivity index (χ0) is 26.9. The van der Waals surface area contributed by atoms with E-state index < -0.39 is 0 Å². The Morgan fingerprint density at radius 3 is 1.57 bits per heavy atom. The SMILES string of the molecule is Clc1ccc2sc3cccc(N(c4ccccc4)c4cccc(N(c5ccccc5)c5ccccc5)c4)c3c2c1. The first-order valence-electron chi connectivity index (χ1n) is 13.2. The van der Waals surface area contributed by atoms with Crippen molar-refractivity contribution in [3.63, 3.8) is 0 Å². The smallest absolute Gasteiger partial charge is 0.0554 e. The Balaban J connectivity index is 1.46. The third-order valence-corrected chi connectivity index (χ3v) is 8.44. The van der Waals surface area contributed by atoms with Crippen LogP contribution >= 0.6 is 22.9 Å². The normalized spacial score (nSPS) is 11.1. The molecule has 0 spiro atoms. The van der Waals surface area contributed by atoms with Gasteiger partial charge in [0.1, 0.15) is 0 Å². The Bertz CT molecular complexity index is 1880. The fourth-order valence-electron chi connectivity index (χ4n) is 5.34. The van der Waals surface area contributed by atoms with E-state index >= 15 is 0 Å². The number of rotatable bonds is 6. The monoisotopic (exact) mass is 552 g/mol. The van der Waals surface area contributed by atoms with Crippen molar-refractivity contribution in [3.05, 3.63) is 157 Å². The van der Waals surface area contributed by atoms with Crippen LogP contribution in [0.2, 0.25) is 5.02 Å². The Morgan fingerprint density at radius 1 is 0.425 bits per heavy atom. The number of para-hydroxylation sites is 3. The first kappa shape index (κ1) is 24.5. The van der Waals surface area contributed by atoms with Crippen LogP contribution in [0.15, 0.2) is 152 Å². The number of nitrogens with zero attached hydrogens (tertiary/aromatic N) is 2. The van der Waals surface area contributed by atoms with Crippen molar-refractivity contribution in [2.75, 3.05) is 9.80 Å². The second-order valence-electron chi connectivity index (χ2n) is 9.59. The van der Waals surface area contributed by atoms with Crippen molar-refractivity contribution in [3.8, 4) is 0 Å². The van der Waals surface area contributed by atoms with Gasteiger partial charge in [0.2, 0.25) is 0 Å². The lowest BCUT2D eigenvalue weighted by molar-refractivity contribution is 1.26. The van der Waals surface area contributed by atoms with E-state index in [0.717, 1.165) is 39.1 Å². The minimum absolute atomic E-state index is 0.747. The molecule has 0 saturated carbocycles. The van der Waals surface area contributed by atoms with Crippen LogP contribution < -0.4 is 9.80 Å². The predicted octanol–water partition coefficient (Wildman–Crippen LogP) is 11.6. The maximum atomic E-state index is 6.50. The summed E-state index contributed by atoms with van der Waals surface area (Å²) < 4.78 is 2.47. The van der Waals surface area contributed by atoms with Gasteiger partial charge in [0.05, 0.1) is 5.69 Å². The van der Waals surface area contributed by atoms with Crippen LogP contribution in [0.5, 0.6) is 0 Å². The van der Waals surface area contributed by atoms with Gasteiger partial charge in [0, 0.05) is 53.6 Å². The highest BCUT2D eigenvalue weighted by Gasteiger charge is 2.20. The molecule has 0 unspecified atom stereocenters. The molecule has 7 aromatic rings. The van der Waals surface area contributed by atoms with E-state index in [1.807, 2.05) is 6.07 Å². The van der Waals surface area contributed by atoms with Gasteiger partial charge in [-0.1, -0.05) is 78.3 Å². The van der Waals surface area contributed by atoms with E-state index in [9.17, 15) is 0 Å². The first-order valence-corrected chi connectivity index (χ1v) is 14.4. The van der Waals surface area contributed by atoms with Crippen LogP contribution in [0.25, 0.3) is 20.2 Å². The standard InChI is InChI=1S/C36H25ClN2S/c37-26-22-23-34-32(24-26)36-33(20-11-21-35(36)40-34)39(29-16-8-3-9-17-29)31-19-10-18-30(25-31)38(27-12-4-1-5-13-27)28-14-6-2-7-15-28/h1-25H. The number of anilines is 6. The summed E-state index contributed by atoms with van der Waals surface area (Å²) in [5, 5.41) is 3.13. The Morgan fingerprint density at radius 2 is 0.950 bits per heavy atom. The molecule has 0 aliphatic heterocycles. The summed E-state index contributed by atoms with van der Waals surface area (Å²) in [5.74, 6) is 0. The van der Waals surface area contributed by atoms with Crippen LogP contribution in [0, 0.1) is 0 Å². The van der Waals surface area contributed by atoms with Gasteiger partial charge in [-0.05, 0) is 84.9 Å². The highest BCUT2D eigenvalue weighted by atomic mass is 35.5. The third-order valence-electron chi connectivity index (χ3n) is 7.07. The third kappa shape index (κ3) is 4.50. The van der Waals surface area contributed by atoms with E-state index in [1.54, 1.807) is 11.3 Å². The fraction of sp³-hybridized carbons (Fsp3) is 0. The maximum Gasteiger partial charge on any atom is 0.0554 e. The van der Waals surface area contributed by atoms with Gasteiger partial charge in [-0.3, -0.25) is 0 Å². The van der Waals surface area contributed by atoms with Crippen molar-refractivity contribution in [1.82, 2.24) is 0 Å². The molecule has 1 aromatic heterocycles. The summed E-state index contributed by atoms with van der Waals surface area (Å²) >= 11 is 8.30. The van der Waals surface area contributed by atoms with E-state index in [1.165, 1.54) is 20.2 Å². The Hall–Kier alpha value is -4.57. The van der Waals surface area contributed by atoms with E-state index in [0.29, 0.717) is 0 Å². The van der Waals surface area contributed by atoms with Gasteiger partial charge >= 0.3 is 0 Å². The summed E-state index contributed by atoms with van der Waals surface area (Å²) in [5.41, 5.74) is 6.60. The van der Waals surface area contributed by atoms with Gasteiger partial charge < -0.3 is 9.80 Å². The Labute approximate surface area is 242 Å². The molecular formula is C36H25ClN2S. The lowest BCUT2D eigenvalue weighted by Crippen LogP contribution is -2.13. The first-order chi connectivity index (χ1) is 19.8. The van der Waals surface area contributed by atoms with Gasteiger partial charge in [-0.25, -0.2) is 0 Å². The largest absolute Gasteiger partial charge is 0.310 e. The lowest BCUT2D eigenvalue weighted by atomic mass is 10.1. The predicted molar refractivity (Wildman–Crippen MR) is 174 cm³/mol. The summed E-state index contributed by atoms with van der Waals surface area (Å²) in [6, 6.07) is 53.1. The molecule has 7 rings (SSSR count). The molecule has 4 heteroatoms. The molecule has 2 nitrogen and oxygen atoms in total. The second-order valence-corrected chi connectivity index (χ2v) is 11.1. The molecule has 0 atom stereocenters. The van der Waals surface area contributed by atoms with Crippen LogP contribution in [0.4, 0.5) is 34.1 Å². The molecule has 0 saturated heterocycles. The molecule has 0 aliphatic rings. The molecule has 0 bridgehead atoms. The minimum atomic E-state index is 0.747. The summed E-state index contributed by atoms with van der Waals surface area (Å²) in [7, 11) is 0. The van der Waals surface area contributed by atoms with Crippen molar-refractivity contribution in [1.29, 1.82) is 0 Å². The summed E-state index contributed by atoms with van der Waals surface area (Å²) in [4.78, 5) is 4.65. The Kier molecular flexibility index (Phi) is 6.45. The van der Waals surface area contributed by atoms with Crippen LogP contribution in [0.3, 0.4) is 0 Å². The highest BCUT2D eigenvalue weighted by molar-refractivity contribution is 7.26. The number of thiophene rings is 1. The van der Waals surface area contributed by atoms with Crippen LogP contribution in [-0.2, 0) is 0 Å². The molecule has 6 aromatic carbocycles. The summed E-state index contributed by atoms with van der Waals surface area (Å²) in [6.07, 6.45) is 0. The lowest BCUT2D eigenvalue weighted by Gasteiger charge is -2.29. The van der Waals surface area contributed by atoms with Gasteiger partial charge in [-0.2, -0.15) is 0 Å². The number of hydrogen-bond donors (Lipinski definition) is 0. The van der Waals surface area contributed by atoms with Crippen LogP contribution in [0.1, 0.15) is 0 Å². The number of halogens is 1. The fourth-order valence-corrected chi connectivity index (χ4v) is 6.62. The van der Waals surface area contributed by atoms with Crippen LogP contribution in [-0.4, -0.2) is 0 Å². The quantitative estimate of drug-likeness (QED) is 0.202. The average Bonchev–Trinajstić information content (AvgIpc) is 3.38. The number of hydrogen-bond acceptors (Lipinski definition) is 3. The minimum Gasteiger partial charge on any atom is -0.310 e. The van der Waals surface area contributed by atoms with Crippen molar-refractivity contribution in [2.45, 2.75) is 0 Å². The molecule has 1 heterocycles. The van der Waals surface area contributed by atoms with Crippen molar-refractivity contribution < 1.29 is 0 Å².